The molecule has 0 amide bonds. The number of nitrogens with zero attached hydrogens (tertiary/aromatic N) is 1. The molecule has 0 rings (SSSR count). The van der Waals surface area contributed by atoms with Gasteiger partial charge in [-0.15, -0.1) is 0 Å². The van der Waals surface area contributed by atoms with Crippen LogP contribution in [0, 0.1) is 5.41 Å². The highest BCUT2D eigenvalue weighted by Gasteiger charge is 2.31. The highest BCUT2D eigenvalue weighted by atomic mass is 32.2. The lowest BCUT2D eigenvalue weighted by Gasteiger charge is -2.40. The molecule has 21 heavy (non-hydrogen) atoms. The average Bonchev–Trinajstić information content (AvgIpc) is 2.21. The van der Waals surface area contributed by atoms with Gasteiger partial charge in [0.15, 0.2) is 0 Å². The molecule has 1 N–H and O–H groups in total. The molecule has 1 unspecified atom stereocenters. The van der Waals surface area contributed by atoms with Crippen LogP contribution in [0.4, 0.5) is 0 Å². The number of aliphatic hydroxyl groups is 1. The maximum Gasteiger partial charge on any atom is 0.0738 e. The minimum Gasteiger partial charge on any atom is -0.396 e. The summed E-state index contributed by atoms with van der Waals surface area (Å²) >= 11 is 0. The van der Waals surface area contributed by atoms with Gasteiger partial charge in [-0.25, -0.2) is 4.31 Å². The molecule has 0 aliphatic carbocycles. The molecule has 0 spiro atoms. The first-order valence-corrected chi connectivity index (χ1v) is 9.65. The second kappa shape index (κ2) is 7.44. The van der Waals surface area contributed by atoms with Gasteiger partial charge in [0.2, 0.25) is 0 Å². The van der Waals surface area contributed by atoms with Gasteiger partial charge in [-0.2, -0.15) is 0 Å². The van der Waals surface area contributed by atoms with Crippen molar-refractivity contribution in [2.75, 3.05) is 19.4 Å². The van der Waals surface area contributed by atoms with E-state index in [4.69, 9.17) is 4.74 Å². The van der Waals surface area contributed by atoms with E-state index in [1.54, 1.807) is 6.26 Å². The highest BCUT2D eigenvalue weighted by Crippen LogP contribution is 2.25. The normalized spacial score (nSPS) is 19.3. The van der Waals surface area contributed by atoms with E-state index in [9.17, 15) is 9.32 Å². The van der Waals surface area contributed by atoms with E-state index in [0.717, 1.165) is 0 Å². The van der Waals surface area contributed by atoms with E-state index in [0.29, 0.717) is 13.0 Å². The van der Waals surface area contributed by atoms with Gasteiger partial charge < -0.3 is 9.84 Å². The Morgan fingerprint density at radius 3 is 2.00 bits per heavy atom. The molecule has 0 radical (unpaired) electrons. The zero-order chi connectivity index (χ0) is 17.1. The van der Waals surface area contributed by atoms with Gasteiger partial charge in [0.25, 0.3) is 0 Å². The lowest BCUT2D eigenvalue weighted by Crippen LogP contribution is -2.50. The molecule has 3 atom stereocenters. The predicted octanol–water partition coefficient (Wildman–Crippen LogP) is 2.55. The Hall–Kier alpha value is -0.100. The largest absolute Gasteiger partial charge is 0.396 e. The van der Waals surface area contributed by atoms with Crippen LogP contribution in [0.15, 0.2) is 0 Å². The third-order valence-electron chi connectivity index (χ3n) is 3.65. The molecule has 0 saturated carbocycles. The van der Waals surface area contributed by atoms with Gasteiger partial charge in [-0.1, -0.05) is 20.8 Å². The quantitative estimate of drug-likeness (QED) is 0.733. The van der Waals surface area contributed by atoms with Gasteiger partial charge >= 0.3 is 0 Å². The van der Waals surface area contributed by atoms with E-state index in [-0.39, 0.29) is 29.8 Å². The maximum absolute atomic E-state index is 12.5. The zero-order valence-corrected chi connectivity index (χ0v) is 15.9. The van der Waals surface area contributed by atoms with Crippen molar-refractivity contribution < 1.29 is 14.1 Å². The van der Waals surface area contributed by atoms with Crippen molar-refractivity contribution in [1.82, 2.24) is 4.31 Å². The van der Waals surface area contributed by atoms with Crippen LogP contribution in [-0.2, 0) is 14.4 Å². The second-order valence-electron chi connectivity index (χ2n) is 7.97. The number of rotatable bonds is 7. The molecule has 0 saturated heterocycles. The molecule has 0 aliphatic heterocycles. The van der Waals surface area contributed by atoms with Crippen LogP contribution in [0.3, 0.4) is 0 Å². The van der Waals surface area contributed by atoms with Gasteiger partial charge in [0.05, 0.1) is 12.2 Å². The first-order valence-electron chi connectivity index (χ1n) is 7.56. The molecule has 5 heteroatoms. The summed E-state index contributed by atoms with van der Waals surface area (Å²) in [6.07, 6.45) is 2.07. The lowest BCUT2D eigenvalue weighted by molar-refractivity contribution is -0.0717. The first kappa shape index (κ1) is 20.9. The van der Waals surface area contributed by atoms with Crippen LogP contribution in [0.5, 0.6) is 0 Å². The second-order valence-corrected chi connectivity index (χ2v) is 10.3. The molecular formula is C16H35NO3S. The van der Waals surface area contributed by atoms with E-state index >= 15 is 0 Å². The Labute approximate surface area is 132 Å². The zero-order valence-electron chi connectivity index (χ0n) is 15.1. The summed E-state index contributed by atoms with van der Waals surface area (Å²) in [5.74, 6) is 3.81. The number of hydrogen-bond donors (Lipinski definition) is 1. The Balaban J connectivity index is 5.13. The SMILES string of the molecule is C=S(C)(=O)N(C[C@@H](CCO)O[C@@H](C)C(C)(C)C)C(C)(C)C. The standard InChI is InChI=1S/C16H35NO3S/c1-13(15(2,3)4)20-14(10-11-18)12-17(16(5,6)7)21(8,9)19/h13-14,18H,8,10-12H2,1-7,9H3/t13-,14+,21?/m0/s1. The number of hydrogen-bond acceptors (Lipinski definition) is 3. The Bertz CT molecular complexity index is 404. The van der Waals surface area contributed by atoms with Gasteiger partial charge in [0, 0.05) is 34.7 Å². The van der Waals surface area contributed by atoms with Crippen molar-refractivity contribution in [3.8, 4) is 0 Å². The summed E-state index contributed by atoms with van der Waals surface area (Å²) in [5, 5.41) is 9.29. The van der Waals surface area contributed by atoms with Crippen molar-refractivity contribution in [2.24, 2.45) is 5.41 Å². The van der Waals surface area contributed by atoms with E-state index in [2.05, 4.69) is 26.6 Å². The first-order chi connectivity index (χ1) is 9.19. The summed E-state index contributed by atoms with van der Waals surface area (Å²) in [5.41, 5.74) is -0.242. The fourth-order valence-corrected chi connectivity index (χ4v) is 3.68. The van der Waals surface area contributed by atoms with Crippen LogP contribution < -0.4 is 0 Å². The van der Waals surface area contributed by atoms with E-state index < -0.39 is 9.71 Å². The molecule has 0 bridgehead atoms. The minimum atomic E-state index is -2.34. The van der Waals surface area contributed by atoms with Crippen LogP contribution in [0.1, 0.15) is 54.9 Å². The highest BCUT2D eigenvalue weighted by molar-refractivity contribution is 7.97. The lowest BCUT2D eigenvalue weighted by atomic mass is 9.90. The fourth-order valence-electron chi connectivity index (χ4n) is 2.03. The van der Waals surface area contributed by atoms with E-state index in [1.165, 1.54) is 0 Å². The Morgan fingerprint density at radius 1 is 1.24 bits per heavy atom. The third kappa shape index (κ3) is 7.63. The van der Waals surface area contributed by atoms with E-state index in [1.807, 2.05) is 32.0 Å². The molecule has 0 aromatic heterocycles. The summed E-state index contributed by atoms with van der Waals surface area (Å²) < 4.78 is 20.5. The number of ether oxygens (including phenoxy) is 1. The van der Waals surface area contributed by atoms with Crippen molar-refractivity contribution in [3.05, 3.63) is 0 Å². The monoisotopic (exact) mass is 321 g/mol. The molecular weight excluding hydrogens is 286 g/mol. The van der Waals surface area contributed by atoms with Crippen LogP contribution in [0.25, 0.3) is 0 Å². The predicted molar refractivity (Wildman–Crippen MR) is 93.1 cm³/mol. The van der Waals surface area contributed by atoms with Gasteiger partial charge in [-0.3, -0.25) is 4.21 Å². The summed E-state index contributed by atoms with van der Waals surface area (Å²) in [6.45, 7) is 15.0. The maximum atomic E-state index is 12.5. The van der Waals surface area contributed by atoms with Gasteiger partial charge in [-0.05, 0) is 45.4 Å². The molecule has 4 nitrogen and oxygen atoms in total. The smallest absolute Gasteiger partial charge is 0.0738 e. The average molecular weight is 322 g/mol. The minimum absolute atomic E-state index is 0.0261. The van der Waals surface area contributed by atoms with Crippen LogP contribution >= 0.6 is 0 Å². The molecule has 0 aromatic rings. The molecule has 0 heterocycles. The topological polar surface area (TPSA) is 49.8 Å². The van der Waals surface area contributed by atoms with Crippen molar-refractivity contribution in [3.63, 3.8) is 0 Å². The van der Waals surface area contributed by atoms with Crippen molar-refractivity contribution in [1.29, 1.82) is 0 Å². The van der Waals surface area contributed by atoms with Crippen molar-refractivity contribution in [2.45, 2.75) is 72.6 Å². The fraction of sp³-hybridized carbons (Fsp3) is 0.938. The summed E-state index contributed by atoms with van der Waals surface area (Å²) in [4.78, 5) is 0. The van der Waals surface area contributed by atoms with Gasteiger partial charge in [0.1, 0.15) is 0 Å². The molecule has 0 aromatic carbocycles. The van der Waals surface area contributed by atoms with Crippen molar-refractivity contribution >= 4 is 15.6 Å². The molecule has 0 aliphatic rings. The third-order valence-corrected chi connectivity index (χ3v) is 5.28. The molecule has 128 valence electrons. The summed E-state index contributed by atoms with van der Waals surface area (Å²) in [6, 6.07) is 0. The Kier molecular flexibility index (Phi) is 7.41. The summed E-state index contributed by atoms with van der Waals surface area (Å²) in [7, 11) is -2.34. The number of aliphatic hydroxyl groups excluding tert-OH is 1. The Morgan fingerprint density at radius 2 is 1.71 bits per heavy atom. The van der Waals surface area contributed by atoms with Crippen LogP contribution in [0.2, 0.25) is 0 Å². The van der Waals surface area contributed by atoms with Crippen LogP contribution in [-0.4, -0.2) is 56.6 Å². The molecule has 0 fully saturated rings.